The van der Waals surface area contributed by atoms with Crippen molar-refractivity contribution in [3.05, 3.63) is 111 Å². The normalized spacial score (nSPS) is 17.7. The second-order valence-corrected chi connectivity index (χ2v) is 18.7. The zero-order valence-electron chi connectivity index (χ0n) is 31.6. The summed E-state index contributed by atoms with van der Waals surface area (Å²) in [7, 11) is -0.777. The van der Waals surface area contributed by atoms with E-state index in [1.807, 2.05) is 36.4 Å². The molecular weight excluding hydrogens is 735 g/mol. The first kappa shape index (κ1) is 38.7. The summed E-state index contributed by atoms with van der Waals surface area (Å²) in [6, 6.07) is 20.0. The van der Waals surface area contributed by atoms with Crippen molar-refractivity contribution in [2.75, 3.05) is 45.0 Å². The molecule has 2 N–H and O–H groups in total. The topological polar surface area (TPSA) is 134 Å². The smallest absolute Gasteiger partial charge is 0.255 e. The minimum atomic E-state index is -2.47. The van der Waals surface area contributed by atoms with E-state index in [0.29, 0.717) is 54.0 Å². The molecule has 7 rings (SSSR count). The number of hydrogen-bond acceptors (Lipinski definition) is 9. The average molecular weight is 783 g/mol. The summed E-state index contributed by atoms with van der Waals surface area (Å²) in [5.41, 5.74) is 6.57. The zero-order valence-corrected chi connectivity index (χ0v) is 33.3. The van der Waals surface area contributed by atoms with Crippen LogP contribution in [-0.4, -0.2) is 84.7 Å². The van der Waals surface area contributed by atoms with Crippen LogP contribution in [0, 0.1) is 0 Å². The largest absolute Gasteiger partial charge is 0.496 e. The summed E-state index contributed by atoms with van der Waals surface area (Å²) in [6.45, 7) is 6.75. The van der Waals surface area contributed by atoms with E-state index in [0.717, 1.165) is 78.7 Å². The fraction of sp³-hybridized carbons (Fsp3) is 0.405. The Kier molecular flexibility index (Phi) is 11.7. The lowest BCUT2D eigenvalue weighted by atomic mass is 10.0. The summed E-state index contributed by atoms with van der Waals surface area (Å²) >= 11 is 6.55. The molecule has 0 radical (unpaired) electrons. The molecule has 288 valence electrons. The molecule has 1 unspecified atom stereocenters. The van der Waals surface area contributed by atoms with E-state index in [-0.39, 0.29) is 24.1 Å². The van der Waals surface area contributed by atoms with Crippen molar-refractivity contribution in [2.45, 2.75) is 70.0 Å². The van der Waals surface area contributed by atoms with Gasteiger partial charge in [0.15, 0.2) is 0 Å². The summed E-state index contributed by atoms with van der Waals surface area (Å²) in [6.07, 6.45) is 7.19. The van der Waals surface area contributed by atoms with Gasteiger partial charge in [0, 0.05) is 79.3 Å². The molecule has 0 aliphatic carbocycles. The average Bonchev–Trinajstić information content (AvgIpc) is 3.49. The number of aryl methyl sites for hydroxylation is 1. The quantitative estimate of drug-likeness (QED) is 0.102. The molecule has 3 aliphatic rings. The summed E-state index contributed by atoms with van der Waals surface area (Å²) < 4.78 is 18.8. The SMILES string of the molecule is COc1cc(N2CCC(NCCCc3ccc4c(c3)CN(C3CCC(=O)NC3=O)C4=O)CC2)ccc1Cc1ncc(Cl)c(Cc2ccccc2P(C)(C)=O)n1. The van der Waals surface area contributed by atoms with Gasteiger partial charge in [-0.05, 0) is 80.8 Å². The van der Waals surface area contributed by atoms with Gasteiger partial charge in [-0.2, -0.15) is 0 Å². The zero-order chi connectivity index (χ0) is 38.7. The lowest BCUT2D eigenvalue weighted by molar-refractivity contribution is -0.136. The highest BCUT2D eigenvalue weighted by Gasteiger charge is 2.39. The van der Waals surface area contributed by atoms with Gasteiger partial charge in [-0.3, -0.25) is 19.7 Å². The van der Waals surface area contributed by atoms with E-state index < -0.39 is 13.2 Å². The molecule has 1 aromatic heterocycles. The Morgan fingerprint density at radius 2 is 1.78 bits per heavy atom. The molecule has 0 spiro atoms. The number of amides is 3. The van der Waals surface area contributed by atoms with Gasteiger partial charge in [-0.15, -0.1) is 0 Å². The molecule has 2 fully saturated rings. The van der Waals surface area contributed by atoms with Crippen molar-refractivity contribution < 1.29 is 23.7 Å². The molecule has 4 aromatic rings. The Morgan fingerprint density at radius 1 is 0.982 bits per heavy atom. The first-order valence-electron chi connectivity index (χ1n) is 19.0. The molecule has 55 heavy (non-hydrogen) atoms. The lowest BCUT2D eigenvalue weighted by Gasteiger charge is -2.34. The highest BCUT2D eigenvalue weighted by molar-refractivity contribution is 7.70. The van der Waals surface area contributed by atoms with Gasteiger partial charge < -0.3 is 24.4 Å². The van der Waals surface area contributed by atoms with E-state index in [2.05, 4.69) is 44.8 Å². The molecule has 11 nitrogen and oxygen atoms in total. The predicted molar refractivity (Wildman–Crippen MR) is 215 cm³/mol. The summed E-state index contributed by atoms with van der Waals surface area (Å²) in [4.78, 5) is 50.3. The molecule has 4 heterocycles. The first-order valence-corrected chi connectivity index (χ1v) is 22.0. The number of carbonyl (C=O) groups is 3. The fourth-order valence-electron chi connectivity index (χ4n) is 7.99. The van der Waals surface area contributed by atoms with Crippen LogP contribution in [0.15, 0.2) is 66.9 Å². The number of carbonyl (C=O) groups excluding carboxylic acids is 3. The van der Waals surface area contributed by atoms with E-state index in [4.69, 9.17) is 21.3 Å². The number of piperidine rings is 2. The number of halogens is 1. The number of methoxy groups -OCH3 is 1. The van der Waals surface area contributed by atoms with Crippen molar-refractivity contribution in [3.8, 4) is 5.75 Å². The fourth-order valence-corrected chi connectivity index (χ4v) is 9.44. The van der Waals surface area contributed by atoms with Gasteiger partial charge in [-0.25, -0.2) is 9.97 Å². The van der Waals surface area contributed by atoms with Crippen LogP contribution >= 0.6 is 18.7 Å². The van der Waals surface area contributed by atoms with Crippen molar-refractivity contribution >= 4 is 47.5 Å². The number of nitrogens with one attached hydrogen (secondary N) is 2. The van der Waals surface area contributed by atoms with E-state index in [9.17, 15) is 18.9 Å². The van der Waals surface area contributed by atoms with E-state index >= 15 is 0 Å². The number of aromatic nitrogens is 2. The van der Waals surface area contributed by atoms with Crippen molar-refractivity contribution in [1.82, 2.24) is 25.5 Å². The number of imide groups is 1. The third-order valence-electron chi connectivity index (χ3n) is 10.9. The maximum atomic E-state index is 13.0. The third-order valence-corrected chi connectivity index (χ3v) is 12.9. The molecule has 3 aromatic carbocycles. The standard InChI is InChI=1S/C42H48ClN6O5P/c1-54-37-24-32(12-11-28(37)23-39-45-25-34(43)35(46-39)22-29-8-4-5-9-38(29)55(2,3)53)48-19-16-31(17-20-48)44-18-6-7-27-10-13-33-30(21-27)26-49(42(33)52)36-14-15-40(50)47-41(36)51/h4-5,8-13,21,24-25,31,36,44H,6-7,14-20,22-23,26H2,1-3H3,(H,47,50,51). The van der Waals surface area contributed by atoms with Crippen LogP contribution < -0.4 is 25.6 Å². The van der Waals surface area contributed by atoms with Crippen molar-refractivity contribution in [1.29, 1.82) is 0 Å². The monoisotopic (exact) mass is 782 g/mol. The summed E-state index contributed by atoms with van der Waals surface area (Å²) in [5, 5.41) is 7.45. The molecule has 1 atom stereocenters. The molecule has 3 amide bonds. The van der Waals surface area contributed by atoms with E-state index in [1.165, 1.54) is 5.56 Å². The van der Waals surface area contributed by atoms with Crippen LogP contribution in [0.5, 0.6) is 5.75 Å². The van der Waals surface area contributed by atoms with Crippen LogP contribution in [0.2, 0.25) is 5.02 Å². The van der Waals surface area contributed by atoms with Gasteiger partial charge in [0.05, 0.1) is 17.8 Å². The minimum Gasteiger partial charge on any atom is -0.496 e. The Hall–Kier alpha value is -4.57. The van der Waals surface area contributed by atoms with Gasteiger partial charge in [-0.1, -0.05) is 54.1 Å². The molecule has 3 aliphatic heterocycles. The van der Waals surface area contributed by atoms with Crippen molar-refractivity contribution in [3.63, 3.8) is 0 Å². The first-order chi connectivity index (χ1) is 26.5. The molecule has 0 bridgehead atoms. The second-order valence-electron chi connectivity index (χ2n) is 15.1. The van der Waals surface area contributed by atoms with Crippen LogP contribution in [0.25, 0.3) is 0 Å². The lowest BCUT2D eigenvalue weighted by Crippen LogP contribution is -2.52. The maximum absolute atomic E-state index is 13.0. The number of benzene rings is 3. The van der Waals surface area contributed by atoms with E-state index in [1.54, 1.807) is 31.5 Å². The van der Waals surface area contributed by atoms with Gasteiger partial charge in [0.2, 0.25) is 11.8 Å². The Labute approximate surface area is 327 Å². The number of anilines is 1. The van der Waals surface area contributed by atoms with Crippen LogP contribution in [0.3, 0.4) is 0 Å². The van der Waals surface area contributed by atoms with Gasteiger partial charge in [0.25, 0.3) is 5.91 Å². The highest BCUT2D eigenvalue weighted by Crippen LogP contribution is 2.37. The molecular formula is C42H48ClN6O5P. The highest BCUT2D eigenvalue weighted by atomic mass is 35.5. The summed E-state index contributed by atoms with van der Waals surface area (Å²) in [5.74, 6) is 0.638. The Bertz CT molecular complexity index is 2150. The molecule has 2 saturated heterocycles. The number of ether oxygens (including phenoxy) is 1. The van der Waals surface area contributed by atoms with Gasteiger partial charge >= 0.3 is 0 Å². The maximum Gasteiger partial charge on any atom is 0.255 e. The minimum absolute atomic E-state index is 0.137. The Balaban J connectivity index is 0.885. The van der Waals surface area contributed by atoms with Gasteiger partial charge in [0.1, 0.15) is 24.8 Å². The number of nitrogens with zero attached hydrogens (tertiary/aromatic N) is 4. The third kappa shape index (κ3) is 8.96. The predicted octanol–water partition coefficient (Wildman–Crippen LogP) is 5.52. The van der Waals surface area contributed by atoms with Crippen LogP contribution in [0.1, 0.15) is 76.2 Å². The molecule has 0 saturated carbocycles. The number of rotatable bonds is 13. The van der Waals surface area contributed by atoms with Crippen LogP contribution in [-0.2, 0) is 40.0 Å². The number of hydrogen-bond donors (Lipinski definition) is 2. The second kappa shape index (κ2) is 16.7. The van der Waals surface area contributed by atoms with Crippen LogP contribution in [0.4, 0.5) is 5.69 Å². The van der Waals surface area contributed by atoms with Crippen molar-refractivity contribution in [2.24, 2.45) is 0 Å². The molecule has 13 heteroatoms. The number of fused-ring (bicyclic) bond motifs is 1. The Morgan fingerprint density at radius 3 is 2.55 bits per heavy atom.